The molecule has 0 spiro atoms. The topological polar surface area (TPSA) is 17.3 Å². The van der Waals surface area contributed by atoms with E-state index in [4.69, 9.17) is 4.98 Å². The lowest BCUT2D eigenvalue weighted by Gasteiger charge is -2.12. The van der Waals surface area contributed by atoms with E-state index in [2.05, 4.69) is 77.2 Å². The number of imidazole rings is 1. The van der Waals surface area contributed by atoms with Gasteiger partial charge in [-0.1, -0.05) is 60.7 Å². The Balaban J connectivity index is 2.14. The molecule has 0 saturated carbocycles. The highest BCUT2D eigenvalue weighted by Gasteiger charge is 2.16. The highest BCUT2D eigenvalue weighted by Crippen LogP contribution is 2.32. The molecule has 0 atom stereocenters. The van der Waals surface area contributed by atoms with Gasteiger partial charge in [0.15, 0.2) is 0 Å². The number of allylic oxidation sites excluding steroid dienone is 3. The average molecular weight is 282 g/mol. The van der Waals surface area contributed by atoms with Gasteiger partial charge in [-0.2, -0.15) is 0 Å². The van der Waals surface area contributed by atoms with Crippen LogP contribution in [-0.4, -0.2) is 9.38 Å². The first-order valence-corrected chi connectivity index (χ1v) is 7.57. The van der Waals surface area contributed by atoms with Gasteiger partial charge in [0.2, 0.25) is 0 Å². The Morgan fingerprint density at radius 3 is 2.64 bits per heavy atom. The maximum Gasteiger partial charge on any atom is 0.146 e. The number of fused-ring (bicyclic) bond motifs is 8. The van der Waals surface area contributed by atoms with Gasteiger partial charge in [0, 0.05) is 23.1 Å². The van der Waals surface area contributed by atoms with E-state index >= 15 is 0 Å². The Bertz CT molecular complexity index is 1100. The Kier molecular flexibility index (Phi) is 2.30. The second-order valence-corrected chi connectivity index (χ2v) is 5.66. The average Bonchev–Trinajstić information content (AvgIpc) is 2.78. The molecular weight excluding hydrogens is 268 g/mol. The molecule has 2 heterocycles. The van der Waals surface area contributed by atoms with Crippen LogP contribution >= 0.6 is 0 Å². The van der Waals surface area contributed by atoms with Crippen molar-refractivity contribution in [2.24, 2.45) is 0 Å². The molecule has 2 aromatic heterocycles. The summed E-state index contributed by atoms with van der Waals surface area (Å²) in [4.78, 5) is 4.90. The summed E-state index contributed by atoms with van der Waals surface area (Å²) in [5, 5.41) is 2.49. The van der Waals surface area contributed by atoms with Crippen LogP contribution in [0.1, 0.15) is 11.3 Å². The first-order chi connectivity index (χ1) is 10.9. The van der Waals surface area contributed by atoms with Gasteiger partial charge in [-0.3, -0.25) is 4.40 Å². The van der Waals surface area contributed by atoms with E-state index < -0.39 is 0 Å². The van der Waals surface area contributed by atoms with E-state index in [-0.39, 0.29) is 0 Å². The van der Waals surface area contributed by atoms with Crippen molar-refractivity contribution in [2.75, 3.05) is 0 Å². The van der Waals surface area contributed by atoms with Gasteiger partial charge in [-0.05, 0) is 17.5 Å². The van der Waals surface area contributed by atoms with Crippen molar-refractivity contribution in [1.29, 1.82) is 0 Å². The number of hydrogen-bond acceptors (Lipinski definition) is 1. The number of pyridine rings is 1. The fraction of sp³-hybridized carbons (Fsp3) is 0.0500. The van der Waals surface area contributed by atoms with E-state index in [1.807, 2.05) is 0 Å². The van der Waals surface area contributed by atoms with Gasteiger partial charge in [0.25, 0.3) is 0 Å². The fourth-order valence-corrected chi connectivity index (χ4v) is 3.47. The summed E-state index contributed by atoms with van der Waals surface area (Å²) in [7, 11) is 0. The van der Waals surface area contributed by atoms with Crippen molar-refractivity contribution in [3.63, 3.8) is 0 Å². The summed E-state index contributed by atoms with van der Waals surface area (Å²) < 4.78 is 2.33. The maximum atomic E-state index is 4.90. The number of nitrogens with zero attached hydrogens (tertiary/aromatic N) is 2. The molecule has 0 aliphatic heterocycles. The molecule has 2 nitrogen and oxygen atoms in total. The normalized spacial score (nSPS) is 13.8. The third-order valence-corrected chi connectivity index (χ3v) is 4.42. The van der Waals surface area contributed by atoms with Crippen LogP contribution in [0.5, 0.6) is 0 Å². The highest BCUT2D eigenvalue weighted by molar-refractivity contribution is 6.03. The molecule has 4 aromatic rings. The van der Waals surface area contributed by atoms with E-state index in [0.717, 1.165) is 17.6 Å². The largest absolute Gasteiger partial charge is 0.295 e. The molecule has 0 radical (unpaired) electrons. The van der Waals surface area contributed by atoms with Gasteiger partial charge in [-0.25, -0.2) is 4.98 Å². The molecule has 1 aliphatic rings. The van der Waals surface area contributed by atoms with Crippen molar-refractivity contribution in [1.82, 2.24) is 9.38 Å². The number of rotatable bonds is 0. The van der Waals surface area contributed by atoms with Crippen LogP contribution in [0.3, 0.4) is 0 Å². The molecule has 0 unspecified atom stereocenters. The van der Waals surface area contributed by atoms with Gasteiger partial charge in [0.1, 0.15) is 5.65 Å². The molecule has 0 N–H and O–H groups in total. The molecule has 0 amide bonds. The molecule has 104 valence electrons. The molecule has 0 fully saturated rings. The zero-order valence-corrected chi connectivity index (χ0v) is 12.0. The first-order valence-electron chi connectivity index (χ1n) is 7.57. The van der Waals surface area contributed by atoms with Crippen molar-refractivity contribution < 1.29 is 0 Å². The second-order valence-electron chi connectivity index (χ2n) is 5.66. The molecule has 0 bridgehead atoms. The third kappa shape index (κ3) is 1.47. The summed E-state index contributed by atoms with van der Waals surface area (Å²) in [5.41, 5.74) is 5.91. The Hall–Kier alpha value is -2.87. The van der Waals surface area contributed by atoms with Crippen molar-refractivity contribution in [2.45, 2.75) is 6.42 Å². The van der Waals surface area contributed by atoms with Crippen LogP contribution in [-0.2, 0) is 6.42 Å². The zero-order chi connectivity index (χ0) is 14.5. The lowest BCUT2D eigenvalue weighted by Crippen LogP contribution is -2.00. The SMILES string of the molecule is C1=CCc2c(c3ccccc3c3nc4ccccc4n23)C=C1. The van der Waals surface area contributed by atoms with Crippen molar-refractivity contribution >= 4 is 33.5 Å². The zero-order valence-electron chi connectivity index (χ0n) is 12.0. The van der Waals surface area contributed by atoms with Crippen LogP contribution in [0.25, 0.3) is 33.5 Å². The van der Waals surface area contributed by atoms with Gasteiger partial charge < -0.3 is 0 Å². The van der Waals surface area contributed by atoms with Crippen molar-refractivity contribution in [3.05, 3.63) is 78.0 Å². The van der Waals surface area contributed by atoms with Gasteiger partial charge in [-0.15, -0.1) is 0 Å². The molecule has 0 saturated heterocycles. The predicted octanol–water partition coefficient (Wildman–Crippen LogP) is 4.77. The number of benzene rings is 2. The molecule has 22 heavy (non-hydrogen) atoms. The van der Waals surface area contributed by atoms with Crippen LogP contribution in [0.2, 0.25) is 0 Å². The summed E-state index contributed by atoms with van der Waals surface area (Å²) in [6.07, 6.45) is 9.60. The Morgan fingerprint density at radius 1 is 0.864 bits per heavy atom. The third-order valence-electron chi connectivity index (χ3n) is 4.42. The minimum absolute atomic E-state index is 0.921. The number of hydrogen-bond donors (Lipinski definition) is 0. The smallest absolute Gasteiger partial charge is 0.146 e. The van der Waals surface area contributed by atoms with E-state index in [1.165, 1.54) is 27.5 Å². The minimum atomic E-state index is 0.921. The van der Waals surface area contributed by atoms with Crippen LogP contribution in [0, 0.1) is 0 Å². The fourth-order valence-electron chi connectivity index (χ4n) is 3.47. The van der Waals surface area contributed by atoms with Crippen molar-refractivity contribution in [3.8, 4) is 0 Å². The Morgan fingerprint density at radius 2 is 1.68 bits per heavy atom. The van der Waals surface area contributed by atoms with Crippen LogP contribution in [0.4, 0.5) is 0 Å². The predicted molar refractivity (Wildman–Crippen MR) is 92.1 cm³/mol. The highest BCUT2D eigenvalue weighted by atomic mass is 15.0. The van der Waals surface area contributed by atoms with Crippen LogP contribution in [0.15, 0.2) is 66.8 Å². The van der Waals surface area contributed by atoms with Gasteiger partial charge in [0.05, 0.1) is 11.0 Å². The molecule has 2 heteroatoms. The molecular formula is C20H14N2. The molecule has 5 rings (SSSR count). The molecule has 2 aromatic carbocycles. The lowest BCUT2D eigenvalue weighted by atomic mass is 10.0. The summed E-state index contributed by atoms with van der Waals surface area (Å²) in [6.45, 7) is 0. The summed E-state index contributed by atoms with van der Waals surface area (Å²) in [5.74, 6) is 0. The van der Waals surface area contributed by atoms with E-state index in [0.29, 0.717) is 0 Å². The number of aromatic nitrogens is 2. The van der Waals surface area contributed by atoms with Crippen LogP contribution < -0.4 is 0 Å². The summed E-state index contributed by atoms with van der Waals surface area (Å²) >= 11 is 0. The Labute approximate surface area is 128 Å². The van der Waals surface area contributed by atoms with E-state index in [1.54, 1.807) is 0 Å². The maximum absolute atomic E-state index is 4.90. The minimum Gasteiger partial charge on any atom is -0.295 e. The first kappa shape index (κ1) is 11.8. The van der Waals surface area contributed by atoms with E-state index in [9.17, 15) is 0 Å². The molecule has 1 aliphatic carbocycles. The summed E-state index contributed by atoms with van der Waals surface area (Å²) in [6, 6.07) is 16.9. The lowest BCUT2D eigenvalue weighted by molar-refractivity contribution is 1.06. The number of para-hydroxylation sites is 2. The second kappa shape index (κ2) is 4.31. The quantitative estimate of drug-likeness (QED) is 0.454. The monoisotopic (exact) mass is 282 g/mol. The standard InChI is InChI=1S/C20H14N2/c1-2-9-15-14-8-4-5-10-16(14)20-21-17-11-6-7-13-19(17)22(20)18(15)12-3-1/h1-11,13H,12H2. The van der Waals surface area contributed by atoms with Gasteiger partial charge >= 0.3 is 0 Å².